The summed E-state index contributed by atoms with van der Waals surface area (Å²) in [6.07, 6.45) is -1.52. The molecule has 0 unspecified atom stereocenters. The SMILES string of the molecule is NC(=S)c1cn([C@@H]2O[C@H](CO)[C@H](O)[C@H]2O)c2ncnc(N)c12. The summed E-state index contributed by atoms with van der Waals surface area (Å²) in [5, 5.41) is 29.6. The molecule has 1 aliphatic heterocycles. The standard InChI is InChI=1S/C12H15N5O4S/c13-9-6-4(10(14)22)1-17(11(6)16-3-15-9)12-8(20)7(19)5(2-18)21-12/h1,3,5,7-8,12,18-20H,2H2,(H2,14,22)(H2,13,15,16)/t5-,7+,8-,12-/m1/s1. The van der Waals surface area contributed by atoms with Crippen molar-refractivity contribution in [1.82, 2.24) is 14.5 Å². The van der Waals surface area contributed by atoms with E-state index >= 15 is 0 Å². The summed E-state index contributed by atoms with van der Waals surface area (Å²) in [6, 6.07) is 0. The zero-order valence-corrected chi connectivity index (χ0v) is 12.1. The van der Waals surface area contributed by atoms with Gasteiger partial charge < -0.3 is 36.1 Å². The van der Waals surface area contributed by atoms with Crippen molar-refractivity contribution in [1.29, 1.82) is 0 Å². The van der Waals surface area contributed by atoms with Crippen LogP contribution in [-0.2, 0) is 4.74 Å². The van der Waals surface area contributed by atoms with Gasteiger partial charge in [0.25, 0.3) is 0 Å². The second-order valence-corrected chi connectivity index (χ2v) is 5.44. The fourth-order valence-corrected chi connectivity index (χ4v) is 2.75. The van der Waals surface area contributed by atoms with Gasteiger partial charge in [-0.1, -0.05) is 12.2 Å². The number of hydrogen-bond acceptors (Lipinski definition) is 8. The summed E-state index contributed by atoms with van der Waals surface area (Å²) < 4.78 is 6.97. The Balaban J connectivity index is 2.16. The predicted octanol–water partition coefficient (Wildman–Crippen LogP) is -1.74. The Morgan fingerprint density at radius 1 is 1.36 bits per heavy atom. The number of hydrogen-bond donors (Lipinski definition) is 5. The molecule has 22 heavy (non-hydrogen) atoms. The van der Waals surface area contributed by atoms with Crippen LogP contribution >= 0.6 is 12.2 Å². The van der Waals surface area contributed by atoms with Crippen LogP contribution in [0.3, 0.4) is 0 Å². The number of aliphatic hydroxyl groups excluding tert-OH is 3. The molecule has 1 fully saturated rings. The highest BCUT2D eigenvalue weighted by Crippen LogP contribution is 2.34. The molecule has 7 N–H and O–H groups in total. The Bertz CT molecular complexity index is 736. The summed E-state index contributed by atoms with van der Waals surface area (Å²) in [7, 11) is 0. The number of ether oxygens (including phenoxy) is 1. The van der Waals surface area contributed by atoms with E-state index in [1.54, 1.807) is 6.20 Å². The largest absolute Gasteiger partial charge is 0.394 e. The van der Waals surface area contributed by atoms with Gasteiger partial charge in [0.2, 0.25) is 0 Å². The fraction of sp³-hybridized carbons (Fsp3) is 0.417. The third kappa shape index (κ3) is 2.12. The molecular formula is C12H15N5O4S. The maximum absolute atomic E-state index is 10.1. The second-order valence-electron chi connectivity index (χ2n) is 5.00. The molecule has 1 saturated heterocycles. The molecule has 10 heteroatoms. The summed E-state index contributed by atoms with van der Waals surface area (Å²) in [6.45, 7) is -0.423. The van der Waals surface area contributed by atoms with Gasteiger partial charge in [0.05, 0.1) is 12.0 Å². The topological polar surface area (TPSA) is 153 Å². The summed E-state index contributed by atoms with van der Waals surface area (Å²) in [5.74, 6) is 0.193. The third-order valence-electron chi connectivity index (χ3n) is 3.70. The van der Waals surface area contributed by atoms with Gasteiger partial charge in [-0.2, -0.15) is 0 Å². The lowest BCUT2D eigenvalue weighted by Crippen LogP contribution is -2.33. The van der Waals surface area contributed by atoms with Crippen molar-refractivity contribution in [2.24, 2.45) is 5.73 Å². The Kier molecular flexibility index (Phi) is 3.70. The molecule has 0 amide bonds. The molecule has 4 atom stereocenters. The summed E-state index contributed by atoms with van der Waals surface area (Å²) in [4.78, 5) is 8.12. The van der Waals surface area contributed by atoms with Gasteiger partial charge in [-0.15, -0.1) is 0 Å². The lowest BCUT2D eigenvalue weighted by Gasteiger charge is -2.17. The van der Waals surface area contributed by atoms with Crippen LogP contribution < -0.4 is 11.5 Å². The van der Waals surface area contributed by atoms with E-state index in [-0.39, 0.29) is 10.8 Å². The van der Waals surface area contributed by atoms with Crippen LogP contribution in [0.2, 0.25) is 0 Å². The van der Waals surface area contributed by atoms with Crippen LogP contribution in [0.15, 0.2) is 12.5 Å². The Hall–Kier alpha value is -1.85. The van der Waals surface area contributed by atoms with Crippen LogP contribution in [0, 0.1) is 0 Å². The summed E-state index contributed by atoms with van der Waals surface area (Å²) in [5.41, 5.74) is 12.4. The maximum atomic E-state index is 10.1. The highest BCUT2D eigenvalue weighted by atomic mass is 32.1. The van der Waals surface area contributed by atoms with E-state index in [0.29, 0.717) is 16.6 Å². The minimum Gasteiger partial charge on any atom is -0.394 e. The molecule has 0 saturated carbocycles. The van der Waals surface area contributed by atoms with Gasteiger partial charge in [0.15, 0.2) is 6.23 Å². The highest BCUT2D eigenvalue weighted by molar-refractivity contribution is 7.80. The van der Waals surface area contributed by atoms with Gasteiger partial charge in [0, 0.05) is 11.8 Å². The number of anilines is 1. The zero-order valence-electron chi connectivity index (χ0n) is 11.3. The Morgan fingerprint density at radius 2 is 2.09 bits per heavy atom. The van der Waals surface area contributed by atoms with Gasteiger partial charge in [0.1, 0.15) is 41.1 Å². The van der Waals surface area contributed by atoms with Crippen LogP contribution in [-0.4, -0.2) is 59.8 Å². The minimum absolute atomic E-state index is 0.0944. The molecule has 118 valence electrons. The lowest BCUT2D eigenvalue weighted by atomic mass is 10.1. The molecule has 9 nitrogen and oxygen atoms in total. The van der Waals surface area contributed by atoms with Crippen molar-refractivity contribution in [2.75, 3.05) is 12.3 Å². The van der Waals surface area contributed by atoms with Crippen molar-refractivity contribution in [3.8, 4) is 0 Å². The molecule has 3 rings (SSSR count). The van der Waals surface area contributed by atoms with E-state index in [1.165, 1.54) is 10.9 Å². The fourth-order valence-electron chi connectivity index (χ4n) is 2.60. The lowest BCUT2D eigenvalue weighted by molar-refractivity contribution is -0.0508. The summed E-state index contributed by atoms with van der Waals surface area (Å²) >= 11 is 5.00. The number of nitrogen functional groups attached to an aromatic ring is 1. The quantitative estimate of drug-likeness (QED) is 0.414. The van der Waals surface area contributed by atoms with Crippen molar-refractivity contribution >= 4 is 34.1 Å². The third-order valence-corrected chi connectivity index (χ3v) is 3.92. The zero-order chi connectivity index (χ0) is 16.0. The first-order valence-electron chi connectivity index (χ1n) is 6.49. The van der Waals surface area contributed by atoms with E-state index < -0.39 is 31.1 Å². The molecule has 0 bridgehead atoms. The number of aromatic nitrogens is 3. The number of nitrogens with zero attached hydrogens (tertiary/aromatic N) is 3. The van der Waals surface area contributed by atoms with Crippen LogP contribution in [0.1, 0.15) is 11.8 Å². The van der Waals surface area contributed by atoms with Crippen LogP contribution in [0.25, 0.3) is 11.0 Å². The van der Waals surface area contributed by atoms with Gasteiger partial charge >= 0.3 is 0 Å². The number of aliphatic hydroxyl groups is 3. The van der Waals surface area contributed by atoms with E-state index in [1.807, 2.05) is 0 Å². The first kappa shape index (κ1) is 15.1. The van der Waals surface area contributed by atoms with E-state index in [2.05, 4.69) is 9.97 Å². The molecule has 0 radical (unpaired) electrons. The molecule has 2 aromatic rings. The van der Waals surface area contributed by atoms with Crippen LogP contribution in [0.5, 0.6) is 0 Å². The average molecular weight is 325 g/mol. The van der Waals surface area contributed by atoms with Gasteiger partial charge in [-0.3, -0.25) is 0 Å². The average Bonchev–Trinajstić information content (AvgIpc) is 3.00. The van der Waals surface area contributed by atoms with E-state index in [0.717, 1.165) is 0 Å². The van der Waals surface area contributed by atoms with Crippen molar-refractivity contribution in [3.05, 3.63) is 18.1 Å². The smallest absolute Gasteiger partial charge is 0.164 e. The second kappa shape index (κ2) is 5.41. The molecule has 0 aliphatic carbocycles. The molecule has 2 aromatic heterocycles. The number of rotatable bonds is 3. The molecule has 0 spiro atoms. The minimum atomic E-state index is -1.25. The van der Waals surface area contributed by atoms with Gasteiger partial charge in [-0.05, 0) is 0 Å². The maximum Gasteiger partial charge on any atom is 0.164 e. The van der Waals surface area contributed by atoms with E-state index in [9.17, 15) is 15.3 Å². The Morgan fingerprint density at radius 3 is 2.68 bits per heavy atom. The molecule has 1 aliphatic rings. The number of thiocarbonyl (C=S) groups is 1. The van der Waals surface area contributed by atoms with Crippen molar-refractivity contribution < 1.29 is 20.1 Å². The first-order valence-corrected chi connectivity index (χ1v) is 6.89. The van der Waals surface area contributed by atoms with E-state index in [4.69, 9.17) is 28.4 Å². The normalized spacial score (nSPS) is 28.3. The molecule has 0 aromatic carbocycles. The predicted molar refractivity (Wildman–Crippen MR) is 80.8 cm³/mol. The number of fused-ring (bicyclic) bond motifs is 1. The Labute approximate surface area is 130 Å². The highest BCUT2D eigenvalue weighted by Gasteiger charge is 2.44. The monoisotopic (exact) mass is 325 g/mol. The first-order chi connectivity index (χ1) is 10.5. The molecule has 3 heterocycles. The molecular weight excluding hydrogens is 310 g/mol. The van der Waals surface area contributed by atoms with Gasteiger partial charge in [-0.25, -0.2) is 9.97 Å². The van der Waals surface area contributed by atoms with Crippen molar-refractivity contribution in [3.63, 3.8) is 0 Å². The number of nitrogens with two attached hydrogens (primary N) is 2. The van der Waals surface area contributed by atoms with Crippen LogP contribution in [0.4, 0.5) is 5.82 Å². The van der Waals surface area contributed by atoms with Crippen molar-refractivity contribution in [2.45, 2.75) is 24.5 Å².